The molecule has 0 spiro atoms. The Labute approximate surface area is 87.2 Å². The van der Waals surface area contributed by atoms with Crippen molar-refractivity contribution in [1.29, 1.82) is 0 Å². The van der Waals surface area contributed by atoms with Gasteiger partial charge in [-0.25, -0.2) is 4.79 Å². The van der Waals surface area contributed by atoms with Gasteiger partial charge >= 0.3 is 6.09 Å². The average molecular weight is 204 g/mol. The van der Waals surface area contributed by atoms with E-state index in [1.165, 1.54) is 7.05 Å². The summed E-state index contributed by atoms with van der Waals surface area (Å²) in [7, 11) is 1.53. The maximum atomic E-state index is 11.0. The van der Waals surface area contributed by atoms with Gasteiger partial charge in [-0.05, 0) is 31.2 Å². The summed E-state index contributed by atoms with van der Waals surface area (Å²) in [6.07, 6.45) is -0.457. The van der Waals surface area contributed by atoms with Crippen LogP contribution >= 0.6 is 0 Å². The second-order valence-corrected chi connectivity index (χ2v) is 3.34. The zero-order valence-electron chi connectivity index (χ0n) is 8.63. The van der Waals surface area contributed by atoms with Gasteiger partial charge in [0.2, 0.25) is 0 Å². The number of amides is 1. The molecule has 0 radical (unpaired) electrons. The van der Waals surface area contributed by atoms with Gasteiger partial charge < -0.3 is 15.0 Å². The third-order valence-corrected chi connectivity index (χ3v) is 2.14. The molecule has 2 rings (SSSR count). The van der Waals surface area contributed by atoms with Gasteiger partial charge in [0, 0.05) is 23.6 Å². The van der Waals surface area contributed by atoms with E-state index in [1.54, 1.807) is 6.07 Å². The Morgan fingerprint density at radius 3 is 2.93 bits per heavy atom. The lowest BCUT2D eigenvalue weighted by atomic mass is 10.2. The van der Waals surface area contributed by atoms with E-state index in [9.17, 15) is 4.79 Å². The molecule has 0 aliphatic carbocycles. The van der Waals surface area contributed by atoms with Crippen molar-refractivity contribution in [2.24, 2.45) is 0 Å². The topological polar surface area (TPSA) is 54.1 Å². The Bertz CT molecular complexity index is 502. The number of ether oxygens (including phenoxy) is 1. The van der Waals surface area contributed by atoms with Crippen molar-refractivity contribution in [2.75, 3.05) is 7.05 Å². The van der Waals surface area contributed by atoms with Gasteiger partial charge in [-0.2, -0.15) is 0 Å². The van der Waals surface area contributed by atoms with Gasteiger partial charge in [0.15, 0.2) is 0 Å². The van der Waals surface area contributed by atoms with Crippen molar-refractivity contribution in [3.63, 3.8) is 0 Å². The maximum Gasteiger partial charge on any atom is 0.412 e. The predicted molar refractivity (Wildman–Crippen MR) is 58.1 cm³/mol. The summed E-state index contributed by atoms with van der Waals surface area (Å²) in [6.45, 7) is 1.99. The molecule has 0 unspecified atom stereocenters. The minimum absolute atomic E-state index is 0.457. The molecular formula is C11H12N2O2. The SMILES string of the molecule is CNC(=O)Oc1ccc2[nH]c(C)cc2c1. The van der Waals surface area contributed by atoms with Gasteiger partial charge in [0.25, 0.3) is 0 Å². The van der Waals surface area contributed by atoms with E-state index in [0.717, 1.165) is 16.6 Å². The Kier molecular flexibility index (Phi) is 2.33. The standard InChI is InChI=1S/C11H12N2O2/c1-7-5-8-6-9(15-11(14)12-2)3-4-10(8)13-7/h3-6,13H,1-2H3,(H,12,14). The van der Waals surface area contributed by atoms with Crippen LogP contribution in [0.5, 0.6) is 5.75 Å². The molecule has 1 amide bonds. The third-order valence-electron chi connectivity index (χ3n) is 2.14. The normalized spacial score (nSPS) is 10.3. The predicted octanol–water partition coefficient (Wildman–Crippen LogP) is 2.19. The molecule has 2 aromatic rings. The number of rotatable bonds is 1. The number of nitrogens with one attached hydrogen (secondary N) is 2. The fourth-order valence-electron chi connectivity index (χ4n) is 1.48. The van der Waals surface area contributed by atoms with E-state index in [-0.39, 0.29) is 0 Å². The summed E-state index contributed by atoms with van der Waals surface area (Å²) >= 11 is 0. The van der Waals surface area contributed by atoms with Crippen LogP contribution in [0.4, 0.5) is 4.79 Å². The highest BCUT2D eigenvalue weighted by molar-refractivity contribution is 5.82. The molecule has 15 heavy (non-hydrogen) atoms. The first kappa shape index (κ1) is 9.58. The van der Waals surface area contributed by atoms with Crippen LogP contribution < -0.4 is 10.1 Å². The van der Waals surface area contributed by atoms with Crippen molar-refractivity contribution < 1.29 is 9.53 Å². The number of carbonyl (C=O) groups excluding carboxylic acids is 1. The number of aromatic amines is 1. The molecule has 2 N–H and O–H groups in total. The minimum atomic E-state index is -0.457. The second kappa shape index (κ2) is 3.65. The number of fused-ring (bicyclic) bond motifs is 1. The molecule has 4 heteroatoms. The van der Waals surface area contributed by atoms with Crippen molar-refractivity contribution in [2.45, 2.75) is 6.92 Å². The fraction of sp³-hybridized carbons (Fsp3) is 0.182. The van der Waals surface area contributed by atoms with Gasteiger partial charge in [-0.3, -0.25) is 0 Å². The molecular weight excluding hydrogens is 192 g/mol. The van der Waals surface area contributed by atoms with E-state index < -0.39 is 6.09 Å². The molecule has 0 bridgehead atoms. The number of carbonyl (C=O) groups is 1. The average Bonchev–Trinajstić information content (AvgIpc) is 2.57. The first-order chi connectivity index (χ1) is 7.19. The first-order valence-corrected chi connectivity index (χ1v) is 4.68. The zero-order chi connectivity index (χ0) is 10.8. The number of aromatic nitrogens is 1. The highest BCUT2D eigenvalue weighted by Crippen LogP contribution is 2.21. The van der Waals surface area contributed by atoms with Gasteiger partial charge in [-0.1, -0.05) is 0 Å². The van der Waals surface area contributed by atoms with Crippen LogP contribution in [0, 0.1) is 6.92 Å². The molecule has 0 aliphatic heterocycles. The minimum Gasteiger partial charge on any atom is -0.410 e. The number of benzene rings is 1. The lowest BCUT2D eigenvalue weighted by molar-refractivity contribution is 0.203. The quantitative estimate of drug-likeness (QED) is 0.748. The monoisotopic (exact) mass is 204 g/mol. The summed E-state index contributed by atoms with van der Waals surface area (Å²) in [5.41, 5.74) is 2.12. The van der Waals surface area contributed by atoms with Crippen molar-refractivity contribution >= 4 is 17.0 Å². The zero-order valence-corrected chi connectivity index (χ0v) is 8.63. The highest BCUT2D eigenvalue weighted by Gasteiger charge is 2.03. The van der Waals surface area contributed by atoms with Crippen LogP contribution in [0.25, 0.3) is 10.9 Å². The molecule has 0 saturated carbocycles. The van der Waals surface area contributed by atoms with Crippen LogP contribution in [-0.4, -0.2) is 18.1 Å². The van der Waals surface area contributed by atoms with E-state index >= 15 is 0 Å². The fourth-order valence-corrected chi connectivity index (χ4v) is 1.48. The number of H-pyrrole nitrogens is 1. The van der Waals surface area contributed by atoms with Crippen molar-refractivity contribution in [1.82, 2.24) is 10.3 Å². The Morgan fingerprint density at radius 2 is 2.20 bits per heavy atom. The van der Waals surface area contributed by atoms with Gasteiger partial charge in [-0.15, -0.1) is 0 Å². The largest absolute Gasteiger partial charge is 0.412 e. The number of hydrogen-bond acceptors (Lipinski definition) is 2. The molecule has 0 saturated heterocycles. The van der Waals surface area contributed by atoms with Crippen LogP contribution in [0.2, 0.25) is 0 Å². The van der Waals surface area contributed by atoms with Crippen molar-refractivity contribution in [3.05, 3.63) is 30.0 Å². The number of aryl methyl sites for hydroxylation is 1. The van der Waals surface area contributed by atoms with Crippen LogP contribution in [-0.2, 0) is 0 Å². The van der Waals surface area contributed by atoms with Crippen molar-refractivity contribution in [3.8, 4) is 5.75 Å². The smallest absolute Gasteiger partial charge is 0.410 e. The summed E-state index contributed by atoms with van der Waals surface area (Å²) < 4.78 is 5.02. The molecule has 78 valence electrons. The summed E-state index contributed by atoms with van der Waals surface area (Å²) in [6, 6.07) is 7.48. The van der Waals surface area contributed by atoms with Crippen LogP contribution in [0.15, 0.2) is 24.3 Å². The highest BCUT2D eigenvalue weighted by atomic mass is 16.5. The van der Waals surface area contributed by atoms with E-state index in [4.69, 9.17) is 4.74 Å². The molecule has 1 aromatic carbocycles. The van der Waals surface area contributed by atoms with E-state index in [2.05, 4.69) is 10.3 Å². The molecule has 1 heterocycles. The first-order valence-electron chi connectivity index (χ1n) is 4.68. The molecule has 0 atom stereocenters. The Hall–Kier alpha value is -1.97. The second-order valence-electron chi connectivity index (χ2n) is 3.34. The summed E-state index contributed by atoms with van der Waals surface area (Å²) in [4.78, 5) is 14.2. The molecule has 0 fully saturated rings. The summed E-state index contributed by atoms with van der Waals surface area (Å²) in [5.74, 6) is 0.542. The lowest BCUT2D eigenvalue weighted by Crippen LogP contribution is -2.21. The molecule has 0 aliphatic rings. The van der Waals surface area contributed by atoms with E-state index in [1.807, 2.05) is 25.1 Å². The van der Waals surface area contributed by atoms with Gasteiger partial charge in [0.1, 0.15) is 5.75 Å². The summed E-state index contributed by atoms with van der Waals surface area (Å²) in [5, 5.41) is 3.43. The van der Waals surface area contributed by atoms with E-state index in [0.29, 0.717) is 5.75 Å². The van der Waals surface area contributed by atoms with Crippen LogP contribution in [0.1, 0.15) is 5.69 Å². The maximum absolute atomic E-state index is 11.0. The van der Waals surface area contributed by atoms with Gasteiger partial charge in [0.05, 0.1) is 0 Å². The Morgan fingerprint density at radius 1 is 1.40 bits per heavy atom. The third kappa shape index (κ3) is 1.93. The molecule has 4 nitrogen and oxygen atoms in total. The molecule has 1 aromatic heterocycles. The Balaban J connectivity index is 2.33. The van der Waals surface area contributed by atoms with Crippen LogP contribution in [0.3, 0.4) is 0 Å². The lowest BCUT2D eigenvalue weighted by Gasteiger charge is -2.02. The number of hydrogen-bond donors (Lipinski definition) is 2.